The number of carbonyl (C=O) groups is 3. The second-order valence-electron chi connectivity index (χ2n) is 11.2. The van der Waals surface area contributed by atoms with Crippen molar-refractivity contribution < 1.29 is 50.9 Å². The molecule has 3 heterocycles. The number of nitrogens with one attached hydrogen (secondary N) is 1. The van der Waals surface area contributed by atoms with Crippen molar-refractivity contribution in [2.45, 2.75) is 38.3 Å². The maximum atomic E-state index is 13.3. The van der Waals surface area contributed by atoms with Crippen molar-refractivity contribution in [1.82, 2.24) is 10.0 Å². The van der Waals surface area contributed by atoms with Gasteiger partial charge in [-0.2, -0.15) is 13.5 Å². The summed E-state index contributed by atoms with van der Waals surface area (Å²) in [7, 11) is -3.06. The summed E-state index contributed by atoms with van der Waals surface area (Å²) in [5.41, 5.74) is 11.4. The third kappa shape index (κ3) is 8.81. The summed E-state index contributed by atoms with van der Waals surface area (Å²) in [6.07, 6.45) is 0.607. The Hall–Kier alpha value is -4.69. The monoisotopic (exact) mass is 706 g/mol. The fourth-order valence-electron chi connectivity index (χ4n) is 4.71. The van der Waals surface area contributed by atoms with E-state index in [4.69, 9.17) is 25.6 Å². The maximum Gasteiger partial charge on any atom is 0.418 e. The summed E-state index contributed by atoms with van der Waals surface area (Å²) < 4.78 is 43.2. The predicted molar refractivity (Wildman–Crippen MR) is 173 cm³/mol. The molecule has 7 N–H and O–H groups in total. The van der Waals surface area contributed by atoms with E-state index in [1.54, 1.807) is 12.1 Å². The van der Waals surface area contributed by atoms with Gasteiger partial charge in [-0.15, -0.1) is 15.6 Å². The van der Waals surface area contributed by atoms with Gasteiger partial charge in [-0.25, -0.2) is 14.3 Å². The molecule has 0 aliphatic carbocycles. The number of pyridine rings is 1. The number of aliphatic carboxylic acids is 1. The smallest absolute Gasteiger partial charge is 0.418 e. The first kappa shape index (κ1) is 36.2. The average Bonchev–Trinajstić information content (AvgIpc) is 3.46. The molecule has 19 heteroatoms. The Morgan fingerprint density at radius 3 is 2.52 bits per heavy atom. The van der Waals surface area contributed by atoms with Gasteiger partial charge in [0.1, 0.15) is 18.1 Å². The average molecular weight is 707 g/mol. The van der Waals surface area contributed by atoms with E-state index in [9.17, 15) is 27.9 Å². The van der Waals surface area contributed by atoms with E-state index in [1.165, 1.54) is 19.2 Å². The number of rotatable bonds is 17. The number of carboxylic acid groups (broad SMARTS) is 1. The van der Waals surface area contributed by atoms with Crippen LogP contribution in [-0.4, -0.2) is 82.8 Å². The minimum Gasteiger partial charge on any atom is -0.489 e. The normalized spacial score (nSPS) is 16.6. The number of oxime groups is 1. The number of amides is 1. The minimum absolute atomic E-state index is 0.0222. The molecule has 0 spiro atoms. The van der Waals surface area contributed by atoms with Crippen molar-refractivity contribution in [1.29, 1.82) is 0 Å². The number of hydrogen-bond acceptors (Lipinski definition) is 14. The largest absolute Gasteiger partial charge is 0.489 e. The van der Waals surface area contributed by atoms with Crippen LogP contribution >= 0.6 is 11.3 Å². The number of β-lactam (4-membered cyclic amide) rings is 1. The van der Waals surface area contributed by atoms with Crippen LogP contribution in [0.15, 0.2) is 53.1 Å². The molecule has 1 fully saturated rings. The van der Waals surface area contributed by atoms with E-state index < -0.39 is 64.4 Å². The first-order valence-corrected chi connectivity index (χ1v) is 16.7. The Kier molecular flexibility index (Phi) is 11.3. The van der Waals surface area contributed by atoms with Crippen LogP contribution in [0.3, 0.4) is 0 Å². The summed E-state index contributed by atoms with van der Waals surface area (Å²) >= 11 is 0.987. The van der Waals surface area contributed by atoms with Gasteiger partial charge in [0.05, 0.1) is 31.2 Å². The second kappa shape index (κ2) is 15.0. The Bertz CT molecular complexity index is 1800. The van der Waals surface area contributed by atoms with Crippen LogP contribution < -0.4 is 26.1 Å². The lowest BCUT2D eigenvalue weighted by Gasteiger charge is -2.50. The lowest BCUT2D eigenvalue weighted by atomic mass is 9.74. The number of ether oxygens (including phenoxy) is 1. The second-order valence-corrected chi connectivity index (χ2v) is 13.1. The number of nitrogens with two attached hydrogens (primary N) is 2. The van der Waals surface area contributed by atoms with Gasteiger partial charge in [0.15, 0.2) is 16.6 Å². The van der Waals surface area contributed by atoms with E-state index in [0.717, 1.165) is 41.2 Å². The fourth-order valence-corrected chi connectivity index (χ4v) is 5.71. The van der Waals surface area contributed by atoms with Crippen LogP contribution in [0.1, 0.15) is 32.4 Å². The first-order chi connectivity index (χ1) is 22.6. The number of nitrogen functional groups attached to an aromatic ring is 1. The lowest BCUT2D eigenvalue weighted by Crippen LogP contribution is -2.68. The molecule has 17 nitrogen and oxygen atoms in total. The van der Waals surface area contributed by atoms with Gasteiger partial charge in [-0.05, 0) is 56.1 Å². The third-order valence-electron chi connectivity index (χ3n) is 7.43. The standard InChI is InChI=1S/C29H35N7O10S2/c1-29(2)20(26(38)36(29)46-48(41,42)43)14-22(37)25(21-16-47-28(31)33-21)34-45-23(27(39)40)15-44-19-7-5-17(6-8-19)18-9-12-35(3)24(13-18)32-11-4-10-30/h5-9,12-13,16,20,23H,4,10-11,14-15,30H2,1-3H3,(H4,31,33,39,40,41,42,43)/p+1/b34-25-/t20-,23?/m1/s1. The number of benzene rings is 1. The van der Waals surface area contributed by atoms with Crippen molar-refractivity contribution in [2.24, 2.45) is 23.9 Å². The molecule has 0 bridgehead atoms. The highest BCUT2D eigenvalue weighted by Gasteiger charge is 2.57. The topological polar surface area (TPSA) is 250 Å². The molecule has 1 unspecified atom stereocenters. The highest BCUT2D eigenvalue weighted by atomic mass is 32.3. The molecule has 258 valence electrons. The summed E-state index contributed by atoms with van der Waals surface area (Å²) in [4.78, 5) is 47.2. The number of hydroxylamine groups is 2. The molecule has 1 aliphatic heterocycles. The van der Waals surface area contributed by atoms with Crippen molar-refractivity contribution in [2.75, 3.05) is 30.7 Å². The van der Waals surface area contributed by atoms with Gasteiger partial charge in [-0.1, -0.05) is 17.3 Å². The van der Waals surface area contributed by atoms with Crippen LogP contribution in [0, 0.1) is 5.92 Å². The summed E-state index contributed by atoms with van der Waals surface area (Å²) in [5.74, 6) is -2.89. The minimum atomic E-state index is -4.99. The molecule has 0 saturated carbocycles. The van der Waals surface area contributed by atoms with Gasteiger partial charge >= 0.3 is 16.4 Å². The van der Waals surface area contributed by atoms with Gasteiger partial charge in [0, 0.05) is 17.9 Å². The molecule has 4 rings (SSSR count). The van der Waals surface area contributed by atoms with E-state index in [-0.39, 0.29) is 10.8 Å². The van der Waals surface area contributed by atoms with Crippen molar-refractivity contribution >= 4 is 56.1 Å². The van der Waals surface area contributed by atoms with Gasteiger partial charge in [-0.3, -0.25) is 19.5 Å². The molecule has 1 amide bonds. The van der Waals surface area contributed by atoms with Crippen LogP contribution in [-0.2, 0) is 41.0 Å². The quantitative estimate of drug-likeness (QED) is 0.0330. The number of anilines is 2. The number of ketones is 1. The molecule has 1 aromatic carbocycles. The number of aryl methyl sites for hydroxylation is 1. The number of aromatic nitrogens is 2. The van der Waals surface area contributed by atoms with Crippen molar-refractivity contribution in [3.63, 3.8) is 0 Å². The zero-order chi connectivity index (χ0) is 35.2. The lowest BCUT2D eigenvalue weighted by molar-refractivity contribution is -0.657. The molecular formula is C29H36N7O10S2+. The number of Topliss-reactive ketones (excluding diaryl/α,β-unsaturated/α-hetero) is 1. The van der Waals surface area contributed by atoms with Gasteiger partial charge < -0.3 is 26.1 Å². The first-order valence-electron chi connectivity index (χ1n) is 14.5. The molecular weight excluding hydrogens is 670 g/mol. The Labute approximate surface area is 280 Å². The van der Waals surface area contributed by atoms with Gasteiger partial charge in [0.2, 0.25) is 0 Å². The number of hydrogen-bond donors (Lipinski definition) is 5. The molecule has 0 radical (unpaired) electrons. The molecule has 3 aromatic rings. The van der Waals surface area contributed by atoms with Crippen LogP contribution in [0.2, 0.25) is 0 Å². The van der Waals surface area contributed by atoms with Crippen LogP contribution in [0.25, 0.3) is 11.1 Å². The zero-order valence-corrected chi connectivity index (χ0v) is 27.9. The molecule has 1 saturated heterocycles. The van der Waals surface area contributed by atoms with Crippen LogP contribution in [0.5, 0.6) is 5.75 Å². The van der Waals surface area contributed by atoms with Crippen molar-refractivity contribution in [3.05, 3.63) is 53.7 Å². The van der Waals surface area contributed by atoms with E-state index >= 15 is 0 Å². The third-order valence-corrected chi connectivity index (χ3v) is 8.45. The zero-order valence-electron chi connectivity index (χ0n) is 26.2. The summed E-state index contributed by atoms with van der Waals surface area (Å²) in [6, 6.07) is 10.9. The number of carboxylic acids is 1. The van der Waals surface area contributed by atoms with Crippen molar-refractivity contribution in [3.8, 4) is 16.9 Å². The van der Waals surface area contributed by atoms with Crippen LogP contribution in [0.4, 0.5) is 10.9 Å². The number of thiazole rings is 1. The molecule has 48 heavy (non-hydrogen) atoms. The number of nitrogens with zero attached hydrogens (tertiary/aromatic N) is 4. The summed E-state index contributed by atoms with van der Waals surface area (Å²) in [6.45, 7) is 3.69. The Balaban J connectivity index is 1.44. The highest BCUT2D eigenvalue weighted by molar-refractivity contribution is 7.80. The molecule has 2 aromatic heterocycles. The maximum absolute atomic E-state index is 13.3. The van der Waals surface area contributed by atoms with E-state index in [1.807, 2.05) is 42.1 Å². The Morgan fingerprint density at radius 2 is 1.94 bits per heavy atom. The van der Waals surface area contributed by atoms with Gasteiger partial charge in [0.25, 0.3) is 17.8 Å². The summed E-state index contributed by atoms with van der Waals surface area (Å²) in [5, 5.41) is 18.8. The number of carbonyl (C=O) groups excluding carboxylic acids is 2. The predicted octanol–water partition coefficient (Wildman–Crippen LogP) is 1.16. The SMILES string of the molecule is C[n+]1ccc(-c2ccc(OCC(O/N=C(\C(=O)C[C@@H]3C(=O)N(OS(=O)(=O)O)C3(C)C)c3csc(N)n3)C(=O)O)cc2)cc1NCCCN. The highest BCUT2D eigenvalue weighted by Crippen LogP contribution is 2.40. The molecule has 1 aliphatic rings. The fraction of sp³-hybridized carbons (Fsp3) is 0.379. The molecule has 2 atom stereocenters. The Morgan fingerprint density at radius 1 is 1.23 bits per heavy atom. The van der Waals surface area contributed by atoms with E-state index in [2.05, 4.69) is 19.7 Å². The van der Waals surface area contributed by atoms with E-state index in [0.29, 0.717) is 17.4 Å².